The number of rotatable bonds is 3. The molecule has 1 atom stereocenters. The number of pyridine rings is 1. The third-order valence-electron chi connectivity index (χ3n) is 3.41. The van der Waals surface area contributed by atoms with E-state index >= 15 is 0 Å². The Hall–Kier alpha value is -2.76. The Morgan fingerprint density at radius 3 is 3.05 bits per heavy atom. The van der Waals surface area contributed by atoms with Crippen molar-refractivity contribution in [1.82, 2.24) is 4.98 Å². The number of aromatic nitrogens is 1. The van der Waals surface area contributed by atoms with Crippen LogP contribution in [0.1, 0.15) is 28.4 Å². The summed E-state index contributed by atoms with van der Waals surface area (Å²) in [5.74, 6) is 0.0737. The molecule has 21 heavy (non-hydrogen) atoms. The SMILES string of the molecule is Nc1cnc(NC2CCOc3ccccc32)c(C(=O)O)c1. The normalized spacial score (nSPS) is 16.7. The first kappa shape index (κ1) is 13.2. The molecule has 3 rings (SSSR count). The van der Waals surface area contributed by atoms with E-state index in [9.17, 15) is 9.90 Å². The minimum Gasteiger partial charge on any atom is -0.493 e. The number of aromatic carboxylic acids is 1. The molecule has 2 heterocycles. The number of para-hydroxylation sites is 1. The molecular formula is C15H15N3O3. The maximum Gasteiger partial charge on any atom is 0.339 e. The van der Waals surface area contributed by atoms with Gasteiger partial charge in [-0.2, -0.15) is 0 Å². The third kappa shape index (κ3) is 2.60. The van der Waals surface area contributed by atoms with E-state index in [1.54, 1.807) is 0 Å². The van der Waals surface area contributed by atoms with E-state index in [4.69, 9.17) is 10.5 Å². The van der Waals surface area contributed by atoms with Gasteiger partial charge in [0, 0.05) is 12.0 Å². The number of nitrogens with one attached hydrogen (secondary N) is 1. The number of nitrogen functional groups attached to an aromatic ring is 1. The van der Waals surface area contributed by atoms with E-state index in [2.05, 4.69) is 10.3 Å². The predicted molar refractivity (Wildman–Crippen MR) is 78.5 cm³/mol. The highest BCUT2D eigenvalue weighted by Crippen LogP contribution is 2.34. The van der Waals surface area contributed by atoms with Gasteiger partial charge in [-0.05, 0) is 12.1 Å². The number of anilines is 2. The minimum atomic E-state index is -1.06. The van der Waals surface area contributed by atoms with Gasteiger partial charge in [-0.1, -0.05) is 18.2 Å². The highest BCUT2D eigenvalue weighted by molar-refractivity contribution is 5.94. The first-order valence-electron chi connectivity index (χ1n) is 6.62. The summed E-state index contributed by atoms with van der Waals surface area (Å²) < 4.78 is 5.59. The van der Waals surface area contributed by atoms with Gasteiger partial charge in [0.15, 0.2) is 0 Å². The maximum atomic E-state index is 11.3. The van der Waals surface area contributed by atoms with E-state index in [1.165, 1.54) is 12.3 Å². The van der Waals surface area contributed by atoms with Gasteiger partial charge >= 0.3 is 5.97 Å². The van der Waals surface area contributed by atoms with E-state index in [-0.39, 0.29) is 11.6 Å². The molecule has 0 amide bonds. The van der Waals surface area contributed by atoms with E-state index in [0.717, 1.165) is 17.7 Å². The number of nitrogens with zero attached hydrogens (tertiary/aromatic N) is 1. The number of carboxylic acid groups (broad SMARTS) is 1. The summed E-state index contributed by atoms with van der Waals surface area (Å²) in [6.07, 6.45) is 2.18. The fourth-order valence-corrected chi connectivity index (χ4v) is 2.42. The van der Waals surface area contributed by atoms with Gasteiger partial charge in [0.25, 0.3) is 0 Å². The van der Waals surface area contributed by atoms with Crippen molar-refractivity contribution in [3.8, 4) is 5.75 Å². The highest BCUT2D eigenvalue weighted by Gasteiger charge is 2.23. The molecule has 0 bridgehead atoms. The Kier molecular flexibility index (Phi) is 3.35. The lowest BCUT2D eigenvalue weighted by Gasteiger charge is -2.27. The fraction of sp³-hybridized carbons (Fsp3) is 0.200. The lowest BCUT2D eigenvalue weighted by atomic mass is 10.0. The van der Waals surface area contributed by atoms with Crippen LogP contribution in [-0.2, 0) is 0 Å². The minimum absolute atomic E-state index is 0.0378. The standard InChI is InChI=1S/C15H15N3O3/c16-9-7-11(15(19)20)14(17-8-9)18-12-5-6-21-13-4-2-1-3-10(12)13/h1-4,7-8,12H,5-6,16H2,(H,17,18)(H,19,20). The van der Waals surface area contributed by atoms with Gasteiger partial charge in [-0.3, -0.25) is 0 Å². The zero-order chi connectivity index (χ0) is 14.8. The van der Waals surface area contributed by atoms with Crippen LogP contribution in [0.4, 0.5) is 11.5 Å². The summed E-state index contributed by atoms with van der Waals surface area (Å²) in [6.45, 7) is 0.575. The number of fused-ring (bicyclic) bond motifs is 1. The van der Waals surface area contributed by atoms with Crippen molar-refractivity contribution in [3.63, 3.8) is 0 Å². The molecule has 0 aliphatic carbocycles. The maximum absolute atomic E-state index is 11.3. The van der Waals surface area contributed by atoms with Crippen LogP contribution in [0.3, 0.4) is 0 Å². The fourth-order valence-electron chi connectivity index (χ4n) is 2.42. The molecule has 0 spiro atoms. The number of ether oxygens (including phenoxy) is 1. The number of carboxylic acids is 1. The molecule has 0 saturated carbocycles. The van der Waals surface area contributed by atoms with Gasteiger partial charge in [-0.15, -0.1) is 0 Å². The summed E-state index contributed by atoms with van der Waals surface area (Å²) in [4.78, 5) is 15.4. The van der Waals surface area contributed by atoms with Gasteiger partial charge in [0.2, 0.25) is 0 Å². The van der Waals surface area contributed by atoms with Crippen LogP contribution in [0.15, 0.2) is 36.5 Å². The van der Waals surface area contributed by atoms with Crippen molar-refractivity contribution < 1.29 is 14.6 Å². The van der Waals surface area contributed by atoms with Crippen LogP contribution in [0, 0.1) is 0 Å². The molecule has 108 valence electrons. The largest absolute Gasteiger partial charge is 0.493 e. The number of nitrogens with two attached hydrogens (primary N) is 1. The van der Waals surface area contributed by atoms with Crippen LogP contribution in [0.5, 0.6) is 5.75 Å². The summed E-state index contributed by atoms with van der Waals surface area (Å²) in [5, 5.41) is 12.4. The average molecular weight is 285 g/mol. The lowest BCUT2D eigenvalue weighted by molar-refractivity contribution is 0.0697. The van der Waals surface area contributed by atoms with Crippen LogP contribution in [-0.4, -0.2) is 22.7 Å². The van der Waals surface area contributed by atoms with Crippen molar-refractivity contribution in [3.05, 3.63) is 47.7 Å². The third-order valence-corrected chi connectivity index (χ3v) is 3.41. The van der Waals surface area contributed by atoms with Crippen LogP contribution in [0.25, 0.3) is 0 Å². The van der Waals surface area contributed by atoms with Crippen molar-refractivity contribution in [2.24, 2.45) is 0 Å². The Labute approximate surface area is 121 Å². The second kappa shape index (κ2) is 5.32. The highest BCUT2D eigenvalue weighted by atomic mass is 16.5. The zero-order valence-electron chi connectivity index (χ0n) is 11.2. The summed E-state index contributed by atoms with van der Waals surface area (Å²) >= 11 is 0. The number of hydrogen-bond donors (Lipinski definition) is 3. The van der Waals surface area contributed by atoms with Crippen molar-refractivity contribution in [2.75, 3.05) is 17.7 Å². The quantitative estimate of drug-likeness (QED) is 0.800. The van der Waals surface area contributed by atoms with Gasteiger partial charge in [-0.25, -0.2) is 9.78 Å². The van der Waals surface area contributed by atoms with Crippen LogP contribution in [0.2, 0.25) is 0 Å². The molecule has 0 fully saturated rings. The van der Waals surface area contributed by atoms with E-state index < -0.39 is 5.97 Å². The molecule has 4 N–H and O–H groups in total. The monoisotopic (exact) mass is 285 g/mol. The second-order valence-electron chi connectivity index (χ2n) is 4.84. The van der Waals surface area contributed by atoms with Crippen molar-refractivity contribution >= 4 is 17.5 Å². The Morgan fingerprint density at radius 1 is 1.43 bits per heavy atom. The second-order valence-corrected chi connectivity index (χ2v) is 4.84. The molecule has 2 aromatic rings. The van der Waals surface area contributed by atoms with Crippen molar-refractivity contribution in [1.29, 1.82) is 0 Å². The number of hydrogen-bond acceptors (Lipinski definition) is 5. The number of carbonyl (C=O) groups is 1. The van der Waals surface area contributed by atoms with Gasteiger partial charge in [0.1, 0.15) is 17.1 Å². The van der Waals surface area contributed by atoms with E-state index in [1.807, 2.05) is 24.3 Å². The Balaban J connectivity index is 1.93. The average Bonchev–Trinajstić information content (AvgIpc) is 2.49. The topological polar surface area (TPSA) is 97.5 Å². The van der Waals surface area contributed by atoms with E-state index in [0.29, 0.717) is 18.1 Å². The predicted octanol–water partition coefficient (Wildman–Crippen LogP) is 2.30. The smallest absolute Gasteiger partial charge is 0.339 e. The molecule has 1 aliphatic rings. The summed E-state index contributed by atoms with van der Waals surface area (Å²) in [6, 6.07) is 9.07. The molecule has 6 heteroatoms. The molecule has 0 radical (unpaired) electrons. The Bertz CT molecular complexity index is 688. The summed E-state index contributed by atoms with van der Waals surface area (Å²) in [5.41, 5.74) is 6.99. The molecule has 0 saturated heterocycles. The Morgan fingerprint density at radius 2 is 2.24 bits per heavy atom. The lowest BCUT2D eigenvalue weighted by Crippen LogP contribution is -2.22. The number of benzene rings is 1. The van der Waals surface area contributed by atoms with Crippen LogP contribution < -0.4 is 15.8 Å². The molecule has 1 aliphatic heterocycles. The molecule has 1 aromatic heterocycles. The molecular weight excluding hydrogens is 270 g/mol. The zero-order valence-corrected chi connectivity index (χ0v) is 11.2. The first-order chi connectivity index (χ1) is 10.1. The first-order valence-corrected chi connectivity index (χ1v) is 6.62. The molecule has 1 unspecified atom stereocenters. The summed E-state index contributed by atoms with van der Waals surface area (Å²) in [7, 11) is 0. The molecule has 1 aromatic carbocycles. The van der Waals surface area contributed by atoms with Crippen molar-refractivity contribution in [2.45, 2.75) is 12.5 Å². The van der Waals surface area contributed by atoms with Gasteiger partial charge < -0.3 is 20.9 Å². The van der Waals surface area contributed by atoms with Crippen LogP contribution >= 0.6 is 0 Å². The van der Waals surface area contributed by atoms with Gasteiger partial charge in [0.05, 0.1) is 24.5 Å². The molecule has 6 nitrogen and oxygen atoms in total.